The molecule has 1 aromatic carbocycles. The number of rotatable bonds is 7. The smallest absolute Gasteiger partial charge is 0.307 e. The predicted octanol–water partition coefficient (Wildman–Crippen LogP) is 2.01. The molecule has 1 amide bonds. The number of hydrogen-bond donors (Lipinski definition) is 2. The van der Waals surface area contributed by atoms with E-state index < -0.39 is 18.0 Å². The van der Waals surface area contributed by atoms with Gasteiger partial charge in [-0.2, -0.15) is 10.1 Å². The normalized spacial score (nSPS) is 11.8. The highest BCUT2D eigenvalue weighted by atomic mass is 35.5. The molecule has 0 spiro atoms. The molecular weight excluding hydrogens is 376 g/mol. The van der Waals surface area contributed by atoms with Crippen molar-refractivity contribution in [2.24, 2.45) is 0 Å². The molecule has 2 aromatic heterocycles. The third-order valence-electron chi connectivity index (χ3n) is 3.43. The Hall–Kier alpha value is -3.27. The fourth-order valence-electron chi connectivity index (χ4n) is 2.06. The molecule has 3 rings (SSSR count). The van der Waals surface area contributed by atoms with Crippen LogP contribution in [0.2, 0.25) is 5.02 Å². The van der Waals surface area contributed by atoms with Gasteiger partial charge in [-0.05, 0) is 31.2 Å². The van der Waals surface area contributed by atoms with Gasteiger partial charge in [0, 0.05) is 17.1 Å². The number of hydrogen-bond acceptors (Lipinski definition) is 8. The molecule has 0 aliphatic rings. The number of anilines is 1. The number of carbonyl (C=O) groups is 2. The Labute approximate surface area is 158 Å². The second kappa shape index (κ2) is 8.41. The monoisotopic (exact) mass is 390 g/mol. The number of ether oxygens (including phenoxy) is 1. The quantitative estimate of drug-likeness (QED) is 0.584. The van der Waals surface area contributed by atoms with Crippen LogP contribution in [0.3, 0.4) is 0 Å². The zero-order chi connectivity index (χ0) is 19.2. The SMILES string of the molecule is CC(OC(=O)CCc1nc(-c2ncn[nH]2)no1)C(=O)Nc1ccc(Cl)cc1. The lowest BCUT2D eigenvalue weighted by molar-refractivity contribution is -0.153. The van der Waals surface area contributed by atoms with Gasteiger partial charge in [-0.1, -0.05) is 16.8 Å². The molecule has 27 heavy (non-hydrogen) atoms. The van der Waals surface area contributed by atoms with Crippen molar-refractivity contribution < 1.29 is 18.8 Å². The van der Waals surface area contributed by atoms with Crippen LogP contribution >= 0.6 is 11.6 Å². The molecule has 3 aromatic rings. The number of esters is 1. The lowest BCUT2D eigenvalue weighted by atomic mass is 10.3. The summed E-state index contributed by atoms with van der Waals surface area (Å²) < 4.78 is 10.1. The number of aromatic amines is 1. The van der Waals surface area contributed by atoms with Gasteiger partial charge in [-0.3, -0.25) is 14.7 Å². The number of aromatic nitrogens is 5. The van der Waals surface area contributed by atoms with E-state index in [2.05, 4.69) is 30.6 Å². The van der Waals surface area contributed by atoms with Crippen LogP contribution in [0.15, 0.2) is 35.1 Å². The van der Waals surface area contributed by atoms with Crippen molar-refractivity contribution in [3.05, 3.63) is 41.5 Å². The van der Waals surface area contributed by atoms with Crippen LogP contribution in [0.4, 0.5) is 5.69 Å². The lowest BCUT2D eigenvalue weighted by Gasteiger charge is -2.13. The maximum atomic E-state index is 12.1. The average molecular weight is 391 g/mol. The van der Waals surface area contributed by atoms with E-state index in [1.165, 1.54) is 13.3 Å². The van der Waals surface area contributed by atoms with Crippen LogP contribution in [0.1, 0.15) is 19.2 Å². The summed E-state index contributed by atoms with van der Waals surface area (Å²) >= 11 is 5.79. The van der Waals surface area contributed by atoms with Gasteiger partial charge in [-0.15, -0.1) is 0 Å². The highest BCUT2D eigenvalue weighted by molar-refractivity contribution is 6.30. The van der Waals surface area contributed by atoms with Gasteiger partial charge in [0.05, 0.1) is 6.42 Å². The van der Waals surface area contributed by atoms with Gasteiger partial charge >= 0.3 is 5.97 Å². The summed E-state index contributed by atoms with van der Waals surface area (Å²) in [6.07, 6.45) is 0.516. The van der Waals surface area contributed by atoms with Crippen LogP contribution in [0.25, 0.3) is 11.6 Å². The Kier molecular flexibility index (Phi) is 5.77. The van der Waals surface area contributed by atoms with Crippen LogP contribution < -0.4 is 5.32 Å². The van der Waals surface area contributed by atoms with Gasteiger partial charge in [0.15, 0.2) is 11.9 Å². The van der Waals surface area contributed by atoms with Gasteiger partial charge in [0.1, 0.15) is 6.33 Å². The minimum atomic E-state index is -0.958. The molecule has 0 saturated heterocycles. The second-order valence-corrected chi connectivity index (χ2v) is 5.91. The number of H-pyrrole nitrogens is 1. The Morgan fingerprint density at radius 1 is 1.33 bits per heavy atom. The topological polar surface area (TPSA) is 136 Å². The van der Waals surface area contributed by atoms with Crippen LogP contribution in [-0.4, -0.2) is 43.3 Å². The Balaban J connectivity index is 1.45. The van der Waals surface area contributed by atoms with Crippen molar-refractivity contribution in [1.29, 1.82) is 0 Å². The molecule has 0 aliphatic heterocycles. The van der Waals surface area contributed by atoms with E-state index in [1.807, 2.05) is 0 Å². The zero-order valence-corrected chi connectivity index (χ0v) is 14.9. The van der Waals surface area contributed by atoms with E-state index in [-0.39, 0.29) is 24.6 Å². The van der Waals surface area contributed by atoms with Gasteiger partial charge in [0.25, 0.3) is 5.91 Å². The van der Waals surface area contributed by atoms with Gasteiger partial charge < -0.3 is 14.6 Å². The van der Waals surface area contributed by atoms with E-state index in [0.29, 0.717) is 16.5 Å². The molecule has 1 unspecified atom stereocenters. The average Bonchev–Trinajstić information content (AvgIpc) is 3.33. The molecule has 2 heterocycles. The van der Waals surface area contributed by atoms with E-state index in [4.69, 9.17) is 20.9 Å². The van der Waals surface area contributed by atoms with E-state index in [0.717, 1.165) is 0 Å². The summed E-state index contributed by atoms with van der Waals surface area (Å²) in [6.45, 7) is 1.48. The number of carbonyl (C=O) groups excluding carboxylic acids is 2. The van der Waals surface area contributed by atoms with Crippen molar-refractivity contribution >= 4 is 29.2 Å². The highest BCUT2D eigenvalue weighted by Crippen LogP contribution is 2.14. The van der Waals surface area contributed by atoms with Crippen molar-refractivity contribution in [3.8, 4) is 11.6 Å². The number of benzene rings is 1. The molecule has 0 aliphatic carbocycles. The number of amides is 1. The third kappa shape index (κ3) is 5.11. The standard InChI is InChI=1S/C16H15ClN6O4/c1-9(16(25)20-11-4-2-10(17)3-5-11)26-13(24)7-6-12-21-15(23-27-12)14-18-8-19-22-14/h2-5,8-9H,6-7H2,1H3,(H,20,25)(H,18,19,22). The lowest BCUT2D eigenvalue weighted by Crippen LogP contribution is -2.30. The maximum absolute atomic E-state index is 12.1. The Morgan fingerprint density at radius 3 is 2.81 bits per heavy atom. The molecule has 0 fully saturated rings. The molecule has 10 nitrogen and oxygen atoms in total. The fraction of sp³-hybridized carbons (Fsp3) is 0.250. The first-order valence-electron chi connectivity index (χ1n) is 7.95. The summed E-state index contributed by atoms with van der Waals surface area (Å²) in [5, 5.41) is 13.2. The molecule has 140 valence electrons. The van der Waals surface area contributed by atoms with Crippen LogP contribution in [0.5, 0.6) is 0 Å². The largest absolute Gasteiger partial charge is 0.453 e. The van der Waals surface area contributed by atoms with Crippen molar-refractivity contribution in [2.75, 3.05) is 5.32 Å². The Morgan fingerprint density at radius 2 is 2.11 bits per heavy atom. The van der Waals surface area contributed by atoms with Crippen LogP contribution in [0, 0.1) is 0 Å². The van der Waals surface area contributed by atoms with Crippen molar-refractivity contribution in [2.45, 2.75) is 25.9 Å². The summed E-state index contributed by atoms with van der Waals surface area (Å²) in [5.74, 6) is -0.160. The van der Waals surface area contributed by atoms with E-state index in [9.17, 15) is 9.59 Å². The fourth-order valence-corrected chi connectivity index (χ4v) is 2.19. The minimum absolute atomic E-state index is 0.0173. The highest BCUT2D eigenvalue weighted by Gasteiger charge is 2.19. The molecule has 11 heteroatoms. The Bertz CT molecular complexity index is 909. The summed E-state index contributed by atoms with van der Waals surface area (Å²) in [6, 6.07) is 6.59. The molecule has 1 atom stereocenters. The number of nitrogens with one attached hydrogen (secondary N) is 2. The second-order valence-electron chi connectivity index (χ2n) is 5.47. The predicted molar refractivity (Wildman–Crippen MR) is 93.6 cm³/mol. The van der Waals surface area contributed by atoms with E-state index >= 15 is 0 Å². The van der Waals surface area contributed by atoms with Gasteiger partial charge in [0.2, 0.25) is 11.7 Å². The van der Waals surface area contributed by atoms with Crippen molar-refractivity contribution in [3.63, 3.8) is 0 Å². The molecule has 0 radical (unpaired) electrons. The zero-order valence-electron chi connectivity index (χ0n) is 14.2. The first-order chi connectivity index (χ1) is 13.0. The van der Waals surface area contributed by atoms with Gasteiger partial charge in [-0.25, -0.2) is 4.98 Å². The van der Waals surface area contributed by atoms with E-state index in [1.54, 1.807) is 24.3 Å². The number of halogens is 1. The maximum Gasteiger partial charge on any atom is 0.307 e. The van der Waals surface area contributed by atoms with Crippen LogP contribution in [-0.2, 0) is 20.7 Å². The summed E-state index contributed by atoms with van der Waals surface area (Å²) in [5.41, 5.74) is 0.554. The summed E-state index contributed by atoms with van der Waals surface area (Å²) in [7, 11) is 0. The van der Waals surface area contributed by atoms with Crippen molar-refractivity contribution in [1.82, 2.24) is 25.3 Å². The molecule has 2 N–H and O–H groups in total. The summed E-state index contributed by atoms with van der Waals surface area (Å²) in [4.78, 5) is 32.0. The molecule has 0 saturated carbocycles. The first-order valence-corrected chi connectivity index (χ1v) is 8.33. The number of nitrogens with zero attached hydrogens (tertiary/aromatic N) is 4. The molecule has 0 bridgehead atoms. The minimum Gasteiger partial charge on any atom is -0.453 e. The molecular formula is C16H15ClN6O4. The number of aryl methyl sites for hydroxylation is 1. The first kappa shape index (κ1) is 18.5. The third-order valence-corrected chi connectivity index (χ3v) is 3.68.